The number of fused-ring (bicyclic) bond motifs is 1. The maximum Gasteiger partial charge on any atom is 0.244 e. The first kappa shape index (κ1) is 12.1. The highest BCUT2D eigenvalue weighted by molar-refractivity contribution is 5.87. The molecule has 2 heterocycles. The smallest absolute Gasteiger partial charge is 0.244 e. The third kappa shape index (κ3) is 1.98. The van der Waals surface area contributed by atoms with E-state index in [1.54, 1.807) is 0 Å². The van der Waals surface area contributed by atoms with Gasteiger partial charge < -0.3 is 25.4 Å². The van der Waals surface area contributed by atoms with Gasteiger partial charge in [-0.1, -0.05) is 0 Å². The summed E-state index contributed by atoms with van der Waals surface area (Å²) in [5.41, 5.74) is 6.67. The first-order valence-electron chi connectivity index (χ1n) is 6.36. The van der Waals surface area contributed by atoms with Crippen LogP contribution in [0.15, 0.2) is 18.2 Å². The lowest BCUT2D eigenvalue weighted by molar-refractivity contribution is -0.123. The lowest BCUT2D eigenvalue weighted by atomic mass is 10.1. The number of carbonyl (C=O) groups is 1. The summed E-state index contributed by atoms with van der Waals surface area (Å²) < 4.78 is 10.7. The highest BCUT2D eigenvalue weighted by Gasteiger charge is 2.33. The summed E-state index contributed by atoms with van der Waals surface area (Å²) in [5, 5.41) is 2.87. The summed E-state index contributed by atoms with van der Waals surface area (Å²) in [6.45, 7) is 3.20. The number of rotatable bonds is 2. The molecule has 2 aliphatic rings. The zero-order chi connectivity index (χ0) is 13.4. The SMILES string of the molecule is CC1CNC(=O)C(CN)N1c1ccc2c(c1)OCO2. The third-order valence-corrected chi connectivity index (χ3v) is 3.56. The Kier molecular flexibility index (Phi) is 2.94. The van der Waals surface area contributed by atoms with Gasteiger partial charge in [-0.25, -0.2) is 0 Å². The average molecular weight is 263 g/mol. The summed E-state index contributed by atoms with van der Waals surface area (Å²) in [7, 11) is 0. The number of nitrogens with zero attached hydrogens (tertiary/aromatic N) is 1. The predicted octanol–water partition coefficient (Wildman–Crippen LogP) is 0.0673. The summed E-state index contributed by atoms with van der Waals surface area (Å²) in [6, 6.07) is 5.55. The van der Waals surface area contributed by atoms with Gasteiger partial charge in [0.25, 0.3) is 0 Å². The van der Waals surface area contributed by atoms with Crippen LogP contribution in [0.1, 0.15) is 6.92 Å². The summed E-state index contributed by atoms with van der Waals surface area (Å²) in [5.74, 6) is 1.42. The fourth-order valence-electron chi connectivity index (χ4n) is 2.60. The van der Waals surface area contributed by atoms with Gasteiger partial charge in [0.15, 0.2) is 11.5 Å². The van der Waals surface area contributed by atoms with Crippen molar-refractivity contribution in [2.75, 3.05) is 24.8 Å². The van der Waals surface area contributed by atoms with E-state index in [2.05, 4.69) is 12.2 Å². The topological polar surface area (TPSA) is 76.8 Å². The zero-order valence-electron chi connectivity index (χ0n) is 10.8. The van der Waals surface area contributed by atoms with Gasteiger partial charge in [0, 0.05) is 30.9 Å². The third-order valence-electron chi connectivity index (χ3n) is 3.56. The number of amides is 1. The number of ether oxygens (including phenoxy) is 2. The van der Waals surface area contributed by atoms with Gasteiger partial charge >= 0.3 is 0 Å². The standard InChI is InChI=1S/C13H17N3O3/c1-8-6-15-13(17)10(5-14)16(8)9-2-3-11-12(4-9)19-7-18-11/h2-4,8,10H,5-7,14H2,1H3,(H,15,17). The molecule has 6 nitrogen and oxygen atoms in total. The van der Waals surface area contributed by atoms with Crippen molar-refractivity contribution in [1.82, 2.24) is 5.32 Å². The molecular weight excluding hydrogens is 246 g/mol. The number of piperazine rings is 1. The van der Waals surface area contributed by atoms with Crippen molar-refractivity contribution in [3.63, 3.8) is 0 Å². The lowest BCUT2D eigenvalue weighted by Crippen LogP contribution is -2.62. The minimum atomic E-state index is -0.343. The number of carbonyl (C=O) groups excluding carboxylic acids is 1. The van der Waals surface area contributed by atoms with Crippen LogP contribution in [-0.2, 0) is 4.79 Å². The summed E-state index contributed by atoms with van der Waals surface area (Å²) >= 11 is 0. The molecule has 3 rings (SSSR count). The fourth-order valence-corrected chi connectivity index (χ4v) is 2.60. The Bertz CT molecular complexity index is 506. The van der Waals surface area contributed by atoms with E-state index in [0.717, 1.165) is 11.4 Å². The van der Waals surface area contributed by atoms with E-state index < -0.39 is 0 Å². The molecule has 0 saturated carbocycles. The molecule has 102 valence electrons. The van der Waals surface area contributed by atoms with E-state index in [0.29, 0.717) is 12.3 Å². The first-order valence-corrected chi connectivity index (χ1v) is 6.36. The van der Waals surface area contributed by atoms with Gasteiger partial charge in [-0.3, -0.25) is 4.79 Å². The molecule has 1 aromatic rings. The van der Waals surface area contributed by atoms with E-state index in [-0.39, 0.29) is 31.3 Å². The van der Waals surface area contributed by atoms with E-state index in [1.807, 2.05) is 23.1 Å². The van der Waals surface area contributed by atoms with Crippen molar-refractivity contribution >= 4 is 11.6 Å². The number of anilines is 1. The summed E-state index contributed by atoms with van der Waals surface area (Å²) in [4.78, 5) is 13.9. The normalized spacial score (nSPS) is 25.4. The number of nitrogens with two attached hydrogens (primary N) is 1. The van der Waals surface area contributed by atoms with Crippen molar-refractivity contribution in [3.05, 3.63) is 18.2 Å². The predicted molar refractivity (Wildman–Crippen MR) is 70.4 cm³/mol. The Balaban J connectivity index is 1.96. The average Bonchev–Trinajstić information content (AvgIpc) is 2.88. The van der Waals surface area contributed by atoms with E-state index in [4.69, 9.17) is 15.2 Å². The van der Waals surface area contributed by atoms with Gasteiger partial charge in [-0.05, 0) is 19.1 Å². The maximum atomic E-state index is 11.9. The Labute approximate surface area is 111 Å². The van der Waals surface area contributed by atoms with Crippen molar-refractivity contribution in [3.8, 4) is 11.5 Å². The Morgan fingerprint density at radius 2 is 2.21 bits per heavy atom. The molecule has 0 radical (unpaired) electrons. The Morgan fingerprint density at radius 1 is 1.42 bits per heavy atom. The van der Waals surface area contributed by atoms with E-state index in [9.17, 15) is 4.79 Å². The minimum absolute atomic E-state index is 0.0294. The van der Waals surface area contributed by atoms with Crippen LogP contribution < -0.4 is 25.4 Å². The molecule has 1 aromatic carbocycles. The van der Waals surface area contributed by atoms with Crippen LogP contribution in [0.3, 0.4) is 0 Å². The molecule has 2 atom stereocenters. The molecule has 0 aliphatic carbocycles. The molecule has 2 unspecified atom stereocenters. The van der Waals surface area contributed by atoms with E-state index in [1.165, 1.54) is 0 Å². The monoisotopic (exact) mass is 263 g/mol. The van der Waals surface area contributed by atoms with Gasteiger partial charge in [0.2, 0.25) is 12.7 Å². The molecule has 0 spiro atoms. The van der Waals surface area contributed by atoms with Crippen LogP contribution in [0.5, 0.6) is 11.5 Å². The van der Waals surface area contributed by atoms with Crippen LogP contribution in [0.2, 0.25) is 0 Å². The minimum Gasteiger partial charge on any atom is -0.454 e. The molecule has 0 aromatic heterocycles. The van der Waals surface area contributed by atoms with Crippen LogP contribution >= 0.6 is 0 Å². The van der Waals surface area contributed by atoms with Crippen molar-refractivity contribution in [1.29, 1.82) is 0 Å². The largest absolute Gasteiger partial charge is 0.454 e. The van der Waals surface area contributed by atoms with Crippen LogP contribution in [-0.4, -0.2) is 37.9 Å². The first-order chi connectivity index (χ1) is 9.20. The Hall–Kier alpha value is -1.95. The molecule has 3 N–H and O–H groups in total. The van der Waals surface area contributed by atoms with Crippen LogP contribution in [0.25, 0.3) is 0 Å². The fraction of sp³-hybridized carbons (Fsp3) is 0.462. The van der Waals surface area contributed by atoms with Gasteiger partial charge in [-0.2, -0.15) is 0 Å². The summed E-state index contributed by atoms with van der Waals surface area (Å²) in [6.07, 6.45) is 0. The highest BCUT2D eigenvalue weighted by atomic mass is 16.7. The molecule has 2 aliphatic heterocycles. The molecule has 19 heavy (non-hydrogen) atoms. The number of benzene rings is 1. The van der Waals surface area contributed by atoms with Crippen molar-refractivity contribution in [2.24, 2.45) is 5.73 Å². The van der Waals surface area contributed by atoms with Gasteiger partial charge in [0.05, 0.1) is 0 Å². The molecule has 0 bridgehead atoms. The number of hydrogen-bond donors (Lipinski definition) is 2. The quantitative estimate of drug-likeness (QED) is 0.789. The van der Waals surface area contributed by atoms with Crippen LogP contribution in [0.4, 0.5) is 5.69 Å². The highest BCUT2D eigenvalue weighted by Crippen LogP contribution is 2.36. The molecule has 1 fully saturated rings. The number of hydrogen-bond acceptors (Lipinski definition) is 5. The van der Waals surface area contributed by atoms with Crippen molar-refractivity contribution < 1.29 is 14.3 Å². The second kappa shape index (κ2) is 4.62. The van der Waals surface area contributed by atoms with Gasteiger partial charge in [0.1, 0.15) is 6.04 Å². The zero-order valence-corrected chi connectivity index (χ0v) is 10.8. The molecule has 1 saturated heterocycles. The molecule has 6 heteroatoms. The molecule has 1 amide bonds. The Morgan fingerprint density at radius 3 is 3.00 bits per heavy atom. The second-order valence-corrected chi connectivity index (χ2v) is 4.79. The second-order valence-electron chi connectivity index (χ2n) is 4.79. The maximum absolute atomic E-state index is 11.9. The van der Waals surface area contributed by atoms with Crippen LogP contribution in [0, 0.1) is 0 Å². The van der Waals surface area contributed by atoms with Gasteiger partial charge in [-0.15, -0.1) is 0 Å². The van der Waals surface area contributed by atoms with E-state index >= 15 is 0 Å². The lowest BCUT2D eigenvalue weighted by Gasteiger charge is -2.41. The number of nitrogens with one attached hydrogen (secondary N) is 1. The molecular formula is C13H17N3O3. The van der Waals surface area contributed by atoms with Crippen molar-refractivity contribution in [2.45, 2.75) is 19.0 Å².